The minimum absolute atomic E-state index is 0.0794. The minimum Gasteiger partial charge on any atom is -0.478 e. The largest absolute Gasteiger partial charge is 0.478 e. The van der Waals surface area contributed by atoms with Crippen molar-refractivity contribution in [3.63, 3.8) is 0 Å². The third-order valence-corrected chi connectivity index (χ3v) is 3.41. The molecule has 0 saturated heterocycles. The van der Waals surface area contributed by atoms with E-state index >= 15 is 0 Å². The van der Waals surface area contributed by atoms with Crippen LogP contribution in [0.15, 0.2) is 36.5 Å². The van der Waals surface area contributed by atoms with E-state index in [1.54, 1.807) is 12.1 Å². The fourth-order valence-corrected chi connectivity index (χ4v) is 2.20. The average Bonchev–Trinajstić information content (AvgIpc) is 3.18. The van der Waals surface area contributed by atoms with Gasteiger partial charge in [-0.25, -0.2) is 9.18 Å². The number of hydrogen-bond acceptors (Lipinski definition) is 2. The number of nitrogens with zero attached hydrogens (tertiary/aromatic N) is 1. The summed E-state index contributed by atoms with van der Waals surface area (Å²) in [4.78, 5) is 23.1. The summed E-state index contributed by atoms with van der Waals surface area (Å²) in [5.41, 5.74) is 0.227. The van der Waals surface area contributed by atoms with Gasteiger partial charge in [0.05, 0.1) is 11.3 Å². The van der Waals surface area contributed by atoms with Crippen molar-refractivity contribution in [2.45, 2.75) is 18.9 Å². The lowest BCUT2D eigenvalue weighted by Gasteiger charge is -2.10. The highest BCUT2D eigenvalue weighted by Gasteiger charge is 2.27. The van der Waals surface area contributed by atoms with E-state index in [1.165, 1.54) is 0 Å². The molecule has 5 nitrogen and oxygen atoms in total. The zero-order chi connectivity index (χ0) is 15.0. The van der Waals surface area contributed by atoms with Crippen molar-refractivity contribution in [3.05, 3.63) is 53.6 Å². The second-order valence-electron chi connectivity index (χ2n) is 4.99. The van der Waals surface area contributed by atoms with E-state index in [1.807, 2.05) is 10.8 Å². The van der Waals surface area contributed by atoms with Crippen molar-refractivity contribution < 1.29 is 19.1 Å². The van der Waals surface area contributed by atoms with Gasteiger partial charge in [-0.15, -0.1) is 0 Å². The van der Waals surface area contributed by atoms with E-state index in [-0.39, 0.29) is 11.3 Å². The highest BCUT2D eigenvalue weighted by atomic mass is 19.1. The first-order valence-electron chi connectivity index (χ1n) is 6.57. The van der Waals surface area contributed by atoms with Gasteiger partial charge in [-0.2, -0.15) is 0 Å². The molecule has 1 saturated carbocycles. The average molecular weight is 288 g/mol. The number of carbonyl (C=O) groups excluding carboxylic acids is 1. The fourth-order valence-electron chi connectivity index (χ4n) is 2.20. The molecule has 0 atom stereocenters. The van der Waals surface area contributed by atoms with Crippen molar-refractivity contribution in [1.29, 1.82) is 0 Å². The SMILES string of the molecule is O=C(O)c1ccc(F)c(NC(=O)c2cccn2C2CC2)c1. The molecular formula is C15H13FN2O3. The molecule has 1 amide bonds. The summed E-state index contributed by atoms with van der Waals surface area (Å²) >= 11 is 0. The summed E-state index contributed by atoms with van der Waals surface area (Å²) in [5, 5.41) is 11.3. The molecule has 0 bridgehead atoms. The number of hydrogen-bond donors (Lipinski definition) is 2. The minimum atomic E-state index is -1.17. The first kappa shape index (κ1) is 13.4. The number of benzene rings is 1. The third-order valence-electron chi connectivity index (χ3n) is 3.41. The van der Waals surface area contributed by atoms with Crippen molar-refractivity contribution >= 4 is 17.6 Å². The molecule has 3 rings (SSSR count). The van der Waals surface area contributed by atoms with Crippen LogP contribution in [0.4, 0.5) is 10.1 Å². The molecule has 0 unspecified atom stereocenters. The maximum Gasteiger partial charge on any atom is 0.335 e. The molecule has 1 fully saturated rings. The second kappa shape index (κ2) is 5.05. The monoisotopic (exact) mass is 288 g/mol. The van der Waals surface area contributed by atoms with Gasteiger partial charge in [-0.3, -0.25) is 4.79 Å². The lowest BCUT2D eigenvalue weighted by Crippen LogP contribution is -2.17. The number of nitrogens with one attached hydrogen (secondary N) is 1. The highest BCUT2D eigenvalue weighted by molar-refractivity contribution is 6.04. The normalized spacial score (nSPS) is 14.0. The molecule has 21 heavy (non-hydrogen) atoms. The highest BCUT2D eigenvalue weighted by Crippen LogP contribution is 2.36. The Morgan fingerprint density at radius 3 is 2.71 bits per heavy atom. The van der Waals surface area contributed by atoms with Crippen LogP contribution in [-0.2, 0) is 0 Å². The number of rotatable bonds is 4. The number of aromatic carboxylic acids is 1. The molecule has 1 heterocycles. The molecule has 1 aliphatic carbocycles. The Labute approximate surface area is 120 Å². The van der Waals surface area contributed by atoms with Crippen LogP contribution in [0.5, 0.6) is 0 Å². The molecule has 1 aromatic carbocycles. The third kappa shape index (κ3) is 2.65. The number of amides is 1. The standard InChI is InChI=1S/C15H13FN2O3/c16-11-6-3-9(15(20)21)8-12(11)17-14(19)13-2-1-7-18(13)10-4-5-10/h1-3,6-8,10H,4-5H2,(H,17,19)(H,20,21). The van der Waals surface area contributed by atoms with E-state index in [4.69, 9.17) is 5.11 Å². The van der Waals surface area contributed by atoms with Crippen molar-refractivity contribution in [2.24, 2.45) is 0 Å². The Hall–Kier alpha value is -2.63. The summed E-state index contributed by atoms with van der Waals surface area (Å²) in [5.74, 6) is -2.29. The van der Waals surface area contributed by atoms with Gasteiger partial charge in [-0.05, 0) is 43.2 Å². The van der Waals surface area contributed by atoms with Crippen LogP contribution in [0.25, 0.3) is 0 Å². The maximum atomic E-state index is 13.7. The molecule has 0 radical (unpaired) electrons. The van der Waals surface area contributed by atoms with Gasteiger partial charge >= 0.3 is 5.97 Å². The van der Waals surface area contributed by atoms with Crippen LogP contribution in [0, 0.1) is 5.82 Å². The zero-order valence-corrected chi connectivity index (χ0v) is 11.0. The van der Waals surface area contributed by atoms with E-state index in [0.717, 1.165) is 31.0 Å². The summed E-state index contributed by atoms with van der Waals surface area (Å²) in [7, 11) is 0. The Morgan fingerprint density at radius 1 is 1.29 bits per heavy atom. The molecule has 0 spiro atoms. The smallest absolute Gasteiger partial charge is 0.335 e. The number of carboxylic acids is 1. The van der Waals surface area contributed by atoms with Crippen molar-refractivity contribution in [1.82, 2.24) is 4.57 Å². The number of carboxylic acid groups (broad SMARTS) is 1. The van der Waals surface area contributed by atoms with Crippen LogP contribution in [0.3, 0.4) is 0 Å². The Morgan fingerprint density at radius 2 is 2.05 bits per heavy atom. The van der Waals surface area contributed by atoms with Crippen molar-refractivity contribution in [3.8, 4) is 0 Å². The Bertz CT molecular complexity index is 719. The predicted octanol–water partition coefficient (Wildman–Crippen LogP) is 2.91. The number of carbonyl (C=O) groups is 2. The van der Waals surface area contributed by atoms with Gasteiger partial charge < -0.3 is 15.0 Å². The van der Waals surface area contributed by atoms with E-state index < -0.39 is 17.7 Å². The maximum absolute atomic E-state index is 13.7. The lowest BCUT2D eigenvalue weighted by molar-refractivity contribution is 0.0696. The van der Waals surface area contributed by atoms with E-state index in [2.05, 4.69) is 5.32 Å². The summed E-state index contributed by atoms with van der Waals surface area (Å²) in [6.07, 6.45) is 3.87. The van der Waals surface area contributed by atoms with Gasteiger partial charge in [0, 0.05) is 12.2 Å². The van der Waals surface area contributed by atoms with Crippen LogP contribution in [0.1, 0.15) is 39.7 Å². The molecule has 6 heteroatoms. The van der Waals surface area contributed by atoms with Gasteiger partial charge in [0.2, 0.25) is 0 Å². The number of halogens is 1. The molecule has 1 aliphatic rings. The second-order valence-corrected chi connectivity index (χ2v) is 4.99. The number of anilines is 1. The quantitative estimate of drug-likeness (QED) is 0.908. The van der Waals surface area contributed by atoms with Crippen LogP contribution < -0.4 is 5.32 Å². The van der Waals surface area contributed by atoms with Gasteiger partial charge in [-0.1, -0.05) is 0 Å². The Balaban J connectivity index is 1.85. The Kier molecular flexibility index (Phi) is 3.21. The molecular weight excluding hydrogens is 275 g/mol. The summed E-state index contributed by atoms with van der Waals surface area (Å²) in [6.45, 7) is 0. The first-order chi connectivity index (χ1) is 10.1. The first-order valence-corrected chi connectivity index (χ1v) is 6.57. The van der Waals surface area contributed by atoms with Crippen molar-refractivity contribution in [2.75, 3.05) is 5.32 Å². The number of aromatic nitrogens is 1. The molecule has 2 N–H and O–H groups in total. The van der Waals surface area contributed by atoms with Gasteiger partial charge in [0.15, 0.2) is 0 Å². The predicted molar refractivity (Wildman–Crippen MR) is 74.0 cm³/mol. The van der Waals surface area contributed by atoms with Gasteiger partial charge in [0.1, 0.15) is 11.5 Å². The lowest BCUT2D eigenvalue weighted by atomic mass is 10.2. The zero-order valence-electron chi connectivity index (χ0n) is 11.0. The fraction of sp³-hybridized carbons (Fsp3) is 0.200. The van der Waals surface area contributed by atoms with Crippen LogP contribution >= 0.6 is 0 Å². The summed E-state index contributed by atoms with van der Waals surface area (Å²) in [6, 6.07) is 7.04. The van der Waals surface area contributed by atoms with Gasteiger partial charge in [0.25, 0.3) is 5.91 Å². The van der Waals surface area contributed by atoms with Crippen LogP contribution in [-0.4, -0.2) is 21.6 Å². The van der Waals surface area contributed by atoms with Crippen LogP contribution in [0.2, 0.25) is 0 Å². The summed E-state index contributed by atoms with van der Waals surface area (Å²) < 4.78 is 15.5. The van der Waals surface area contributed by atoms with E-state index in [9.17, 15) is 14.0 Å². The van der Waals surface area contributed by atoms with E-state index in [0.29, 0.717) is 11.7 Å². The molecule has 1 aromatic heterocycles. The molecule has 108 valence electrons. The topological polar surface area (TPSA) is 71.3 Å². The molecule has 0 aliphatic heterocycles. The molecule has 2 aromatic rings.